The molecule has 0 bridgehead atoms. The van der Waals surface area contributed by atoms with Crippen molar-refractivity contribution in [3.8, 4) is 0 Å². The number of anilines is 1. The van der Waals surface area contributed by atoms with Crippen LogP contribution in [0.5, 0.6) is 0 Å². The third-order valence-corrected chi connectivity index (χ3v) is 3.14. The van der Waals surface area contributed by atoms with Crippen molar-refractivity contribution in [2.75, 3.05) is 12.3 Å². The summed E-state index contributed by atoms with van der Waals surface area (Å²) in [6.45, 7) is 7.41. The smallest absolute Gasteiger partial charge is 0.340 e. The van der Waals surface area contributed by atoms with Gasteiger partial charge in [-0.3, -0.25) is 10.1 Å². The monoisotopic (exact) mass is 280 g/mol. The average Bonchev–Trinajstić information content (AvgIpc) is 2.37. The Morgan fingerprint density at radius 2 is 2.05 bits per heavy atom. The second-order valence-electron chi connectivity index (χ2n) is 4.74. The highest BCUT2D eigenvalue weighted by atomic mass is 16.6. The molecular weight excluding hydrogens is 260 g/mol. The van der Waals surface area contributed by atoms with Crippen LogP contribution in [0.1, 0.15) is 55.1 Å². The molecule has 1 rings (SSSR count). The number of hydrogen-bond donors (Lipinski definition) is 1. The van der Waals surface area contributed by atoms with Gasteiger partial charge in [0.2, 0.25) is 0 Å². The number of nitro groups is 1. The van der Waals surface area contributed by atoms with E-state index in [9.17, 15) is 14.9 Å². The molecule has 0 fully saturated rings. The minimum Gasteiger partial charge on any atom is -0.462 e. The molecule has 0 radical (unpaired) electrons. The summed E-state index contributed by atoms with van der Waals surface area (Å²) in [6, 6.07) is 1.44. The Morgan fingerprint density at radius 3 is 2.45 bits per heavy atom. The summed E-state index contributed by atoms with van der Waals surface area (Å²) in [5.74, 6) is -0.598. The quantitative estimate of drug-likeness (QED) is 0.387. The lowest BCUT2D eigenvalue weighted by Crippen LogP contribution is -2.15. The molecule has 0 aromatic heterocycles. The van der Waals surface area contributed by atoms with Crippen molar-refractivity contribution >= 4 is 17.3 Å². The van der Waals surface area contributed by atoms with Gasteiger partial charge >= 0.3 is 5.97 Å². The summed E-state index contributed by atoms with van der Waals surface area (Å²) in [7, 11) is 0. The molecule has 1 aromatic rings. The van der Waals surface area contributed by atoms with Gasteiger partial charge in [-0.1, -0.05) is 20.8 Å². The Labute approximate surface area is 118 Å². The molecule has 0 saturated heterocycles. The van der Waals surface area contributed by atoms with Crippen LogP contribution in [0.2, 0.25) is 0 Å². The molecule has 0 amide bonds. The molecule has 0 aliphatic carbocycles. The fraction of sp³-hybridized carbons (Fsp3) is 0.500. The minimum atomic E-state index is -0.529. The predicted molar refractivity (Wildman–Crippen MR) is 76.9 cm³/mol. The number of carbonyl (C=O) groups excluding carboxylic acids is 1. The van der Waals surface area contributed by atoms with Crippen LogP contribution < -0.4 is 5.73 Å². The second-order valence-corrected chi connectivity index (χ2v) is 4.74. The maximum absolute atomic E-state index is 12.1. The molecule has 0 saturated carbocycles. The summed E-state index contributed by atoms with van der Waals surface area (Å²) in [5.41, 5.74) is 7.29. The molecule has 6 heteroatoms. The SMILES string of the molecule is CCOC(=O)c1c(C(C)C)cc([N+](=O)[O-])c(CC)c1N. The lowest BCUT2D eigenvalue weighted by atomic mass is 9.91. The first-order chi connectivity index (χ1) is 9.34. The first kappa shape index (κ1) is 15.9. The first-order valence-corrected chi connectivity index (χ1v) is 6.61. The Morgan fingerprint density at radius 1 is 1.45 bits per heavy atom. The summed E-state index contributed by atoms with van der Waals surface area (Å²) in [4.78, 5) is 22.8. The van der Waals surface area contributed by atoms with Gasteiger partial charge in [-0.25, -0.2) is 4.79 Å². The van der Waals surface area contributed by atoms with Crippen molar-refractivity contribution in [1.29, 1.82) is 0 Å². The van der Waals surface area contributed by atoms with Crippen LogP contribution in [0, 0.1) is 10.1 Å². The van der Waals surface area contributed by atoms with Crippen LogP contribution in [0.15, 0.2) is 6.07 Å². The molecule has 0 atom stereocenters. The Bertz CT molecular complexity index is 538. The van der Waals surface area contributed by atoms with Crippen LogP contribution in [-0.2, 0) is 11.2 Å². The molecule has 0 heterocycles. The van der Waals surface area contributed by atoms with Crippen molar-refractivity contribution in [3.05, 3.63) is 32.9 Å². The van der Waals surface area contributed by atoms with Gasteiger partial charge in [0, 0.05) is 6.07 Å². The van der Waals surface area contributed by atoms with Gasteiger partial charge in [0.15, 0.2) is 0 Å². The minimum absolute atomic E-state index is 0.0400. The maximum atomic E-state index is 12.1. The third-order valence-electron chi connectivity index (χ3n) is 3.14. The summed E-state index contributed by atoms with van der Waals surface area (Å²) >= 11 is 0. The van der Waals surface area contributed by atoms with Gasteiger partial charge in [0.05, 0.1) is 28.3 Å². The van der Waals surface area contributed by atoms with Gasteiger partial charge < -0.3 is 10.5 Å². The number of hydrogen-bond acceptors (Lipinski definition) is 5. The van der Waals surface area contributed by atoms with E-state index in [0.717, 1.165) is 0 Å². The molecule has 110 valence electrons. The predicted octanol–water partition coefficient (Wildman–Crippen LogP) is 3.04. The van der Waals surface area contributed by atoms with E-state index in [1.807, 2.05) is 13.8 Å². The van der Waals surface area contributed by atoms with E-state index in [-0.39, 0.29) is 29.5 Å². The highest BCUT2D eigenvalue weighted by Crippen LogP contribution is 2.35. The van der Waals surface area contributed by atoms with E-state index in [1.54, 1.807) is 13.8 Å². The second kappa shape index (κ2) is 6.36. The number of nitro benzene ring substituents is 1. The van der Waals surface area contributed by atoms with Gasteiger partial charge in [0.25, 0.3) is 5.69 Å². The van der Waals surface area contributed by atoms with Crippen molar-refractivity contribution < 1.29 is 14.5 Å². The number of rotatable bonds is 5. The number of nitrogens with zero attached hydrogens (tertiary/aromatic N) is 1. The van der Waals surface area contributed by atoms with Crippen molar-refractivity contribution in [3.63, 3.8) is 0 Å². The Hall–Kier alpha value is -2.11. The molecule has 0 aliphatic heterocycles. The average molecular weight is 280 g/mol. The summed E-state index contributed by atoms with van der Waals surface area (Å²) in [5, 5.41) is 11.1. The van der Waals surface area contributed by atoms with Gasteiger partial charge in [-0.2, -0.15) is 0 Å². The molecule has 2 N–H and O–H groups in total. The first-order valence-electron chi connectivity index (χ1n) is 6.61. The zero-order valence-corrected chi connectivity index (χ0v) is 12.2. The van der Waals surface area contributed by atoms with Crippen LogP contribution in [0.4, 0.5) is 11.4 Å². The Kier molecular flexibility index (Phi) is 5.07. The fourth-order valence-electron chi connectivity index (χ4n) is 2.17. The topological polar surface area (TPSA) is 95.5 Å². The number of esters is 1. The molecule has 0 aliphatic rings. The van der Waals surface area contributed by atoms with Gasteiger partial charge in [-0.15, -0.1) is 0 Å². The lowest BCUT2D eigenvalue weighted by molar-refractivity contribution is -0.385. The molecule has 0 unspecified atom stereocenters. The highest BCUT2D eigenvalue weighted by Gasteiger charge is 2.27. The normalized spacial score (nSPS) is 10.7. The molecule has 1 aromatic carbocycles. The zero-order chi connectivity index (χ0) is 15.4. The van der Waals surface area contributed by atoms with E-state index >= 15 is 0 Å². The van der Waals surface area contributed by atoms with E-state index in [4.69, 9.17) is 10.5 Å². The highest BCUT2D eigenvalue weighted by molar-refractivity contribution is 5.98. The largest absolute Gasteiger partial charge is 0.462 e. The lowest BCUT2D eigenvalue weighted by Gasteiger charge is -2.17. The van der Waals surface area contributed by atoms with Crippen molar-refractivity contribution in [2.24, 2.45) is 0 Å². The van der Waals surface area contributed by atoms with Crippen LogP contribution in [0.3, 0.4) is 0 Å². The van der Waals surface area contributed by atoms with E-state index in [1.165, 1.54) is 6.07 Å². The molecular formula is C14H20N2O4. The standard InChI is InChI=1S/C14H20N2O4/c1-5-9-11(16(18)19)7-10(8(3)4)12(13(9)15)14(17)20-6-2/h7-8H,5-6,15H2,1-4H3. The van der Waals surface area contributed by atoms with E-state index < -0.39 is 10.9 Å². The number of benzene rings is 1. The Balaban J connectivity index is 3.64. The van der Waals surface area contributed by atoms with E-state index in [0.29, 0.717) is 17.5 Å². The van der Waals surface area contributed by atoms with Gasteiger partial charge in [0.1, 0.15) is 0 Å². The summed E-state index contributed by atoms with van der Waals surface area (Å²) < 4.78 is 5.01. The zero-order valence-electron chi connectivity index (χ0n) is 12.2. The number of ether oxygens (including phenoxy) is 1. The third kappa shape index (κ3) is 2.89. The number of nitrogen functional groups attached to an aromatic ring is 1. The van der Waals surface area contributed by atoms with Crippen molar-refractivity contribution in [1.82, 2.24) is 0 Å². The molecule has 0 spiro atoms. The molecule has 6 nitrogen and oxygen atoms in total. The summed E-state index contributed by atoms with van der Waals surface area (Å²) in [6.07, 6.45) is 0.382. The maximum Gasteiger partial charge on any atom is 0.340 e. The van der Waals surface area contributed by atoms with Crippen LogP contribution >= 0.6 is 0 Å². The van der Waals surface area contributed by atoms with Crippen LogP contribution in [-0.4, -0.2) is 17.5 Å². The number of nitrogens with two attached hydrogens (primary N) is 1. The van der Waals surface area contributed by atoms with E-state index in [2.05, 4.69) is 0 Å². The molecule has 20 heavy (non-hydrogen) atoms. The van der Waals surface area contributed by atoms with Gasteiger partial charge in [-0.05, 0) is 24.8 Å². The van der Waals surface area contributed by atoms with Crippen molar-refractivity contribution in [2.45, 2.75) is 40.0 Å². The van der Waals surface area contributed by atoms with Crippen LogP contribution in [0.25, 0.3) is 0 Å². The fourth-order valence-corrected chi connectivity index (χ4v) is 2.17. The number of carbonyl (C=O) groups is 1.